The van der Waals surface area contributed by atoms with Crippen LogP contribution < -0.4 is 10.1 Å². The first-order valence-corrected chi connectivity index (χ1v) is 4.21. The third kappa shape index (κ3) is 2.68. The topological polar surface area (TPSA) is 62.1 Å². The molecule has 0 heterocycles. The molecule has 0 aromatic heterocycles. The van der Waals surface area contributed by atoms with Gasteiger partial charge in [0.15, 0.2) is 6.61 Å². The minimum Gasteiger partial charge on any atom is -0.482 e. The van der Waals surface area contributed by atoms with Gasteiger partial charge in [-0.15, -0.1) is 0 Å². The van der Waals surface area contributed by atoms with E-state index in [1.807, 2.05) is 0 Å². The summed E-state index contributed by atoms with van der Waals surface area (Å²) in [5.74, 6) is -0.934. The lowest BCUT2D eigenvalue weighted by Crippen LogP contribution is -2.25. The summed E-state index contributed by atoms with van der Waals surface area (Å²) in [7, 11) is 1.46. The summed E-state index contributed by atoms with van der Waals surface area (Å²) in [5.41, 5.74) is -0.193. The molecule has 0 aliphatic heterocycles. The Bertz CT molecular complexity index is 412. The van der Waals surface area contributed by atoms with Gasteiger partial charge in [-0.1, -0.05) is 6.07 Å². The first-order valence-electron chi connectivity index (χ1n) is 4.21. The number of nitrogens with zero attached hydrogens (tertiary/aromatic N) is 1. The molecule has 1 aromatic rings. The second-order valence-corrected chi connectivity index (χ2v) is 2.69. The molecule has 1 amide bonds. The highest BCUT2D eigenvalue weighted by atomic mass is 19.1. The van der Waals surface area contributed by atoms with Crippen molar-refractivity contribution in [1.29, 1.82) is 5.26 Å². The highest BCUT2D eigenvalue weighted by Crippen LogP contribution is 2.19. The van der Waals surface area contributed by atoms with E-state index in [1.165, 1.54) is 19.2 Å². The molecular weight excluding hydrogens is 199 g/mol. The van der Waals surface area contributed by atoms with E-state index < -0.39 is 5.82 Å². The van der Waals surface area contributed by atoms with Crippen molar-refractivity contribution >= 4 is 5.91 Å². The Hall–Kier alpha value is -2.09. The van der Waals surface area contributed by atoms with Crippen molar-refractivity contribution in [2.24, 2.45) is 0 Å². The van der Waals surface area contributed by atoms with Crippen molar-refractivity contribution in [3.05, 3.63) is 29.6 Å². The van der Waals surface area contributed by atoms with Gasteiger partial charge in [0.1, 0.15) is 23.2 Å². The molecule has 0 saturated carbocycles. The van der Waals surface area contributed by atoms with E-state index in [-0.39, 0.29) is 23.8 Å². The molecule has 0 unspecified atom stereocenters. The van der Waals surface area contributed by atoms with Crippen LogP contribution in [0.4, 0.5) is 4.39 Å². The van der Waals surface area contributed by atoms with Crippen LogP contribution in [0.5, 0.6) is 5.75 Å². The Labute approximate surface area is 86.3 Å². The number of benzene rings is 1. The van der Waals surface area contributed by atoms with E-state index in [0.717, 1.165) is 6.07 Å². The van der Waals surface area contributed by atoms with Crippen molar-refractivity contribution in [1.82, 2.24) is 5.32 Å². The third-order valence-corrected chi connectivity index (χ3v) is 1.72. The van der Waals surface area contributed by atoms with Gasteiger partial charge in [-0.2, -0.15) is 5.26 Å². The quantitative estimate of drug-likeness (QED) is 0.799. The Kier molecular flexibility index (Phi) is 3.63. The first kappa shape index (κ1) is 11.0. The smallest absolute Gasteiger partial charge is 0.257 e. The molecule has 0 aliphatic carbocycles. The van der Waals surface area contributed by atoms with Crippen LogP contribution in [0.2, 0.25) is 0 Å². The van der Waals surface area contributed by atoms with Gasteiger partial charge < -0.3 is 10.1 Å². The molecule has 5 heteroatoms. The monoisotopic (exact) mass is 208 g/mol. The van der Waals surface area contributed by atoms with E-state index in [0.29, 0.717) is 0 Å². The van der Waals surface area contributed by atoms with Crippen molar-refractivity contribution in [2.75, 3.05) is 13.7 Å². The number of nitriles is 1. The summed E-state index contributed by atoms with van der Waals surface area (Å²) in [4.78, 5) is 10.9. The highest BCUT2D eigenvalue weighted by molar-refractivity contribution is 5.77. The molecule has 0 atom stereocenters. The molecule has 0 spiro atoms. The number of nitrogens with one attached hydrogen (secondary N) is 1. The van der Waals surface area contributed by atoms with Crippen LogP contribution >= 0.6 is 0 Å². The first-order chi connectivity index (χ1) is 7.19. The van der Waals surface area contributed by atoms with Gasteiger partial charge in [0.05, 0.1) is 0 Å². The minimum absolute atomic E-state index is 0.0705. The van der Waals surface area contributed by atoms with Gasteiger partial charge >= 0.3 is 0 Å². The van der Waals surface area contributed by atoms with E-state index in [9.17, 15) is 9.18 Å². The normalized spacial score (nSPS) is 9.13. The van der Waals surface area contributed by atoms with Crippen LogP contribution in [0.25, 0.3) is 0 Å². The molecule has 0 fully saturated rings. The van der Waals surface area contributed by atoms with Crippen LogP contribution in [-0.2, 0) is 4.79 Å². The fourth-order valence-corrected chi connectivity index (χ4v) is 0.949. The molecule has 1 aromatic carbocycles. The van der Waals surface area contributed by atoms with Gasteiger partial charge in [-0.3, -0.25) is 4.79 Å². The zero-order chi connectivity index (χ0) is 11.3. The molecular formula is C10H9FN2O2. The molecule has 1 rings (SSSR count). The molecule has 0 radical (unpaired) electrons. The van der Waals surface area contributed by atoms with Gasteiger partial charge in [0.25, 0.3) is 5.91 Å². The summed E-state index contributed by atoms with van der Waals surface area (Å²) in [5, 5.41) is 11.0. The Morgan fingerprint density at radius 2 is 2.40 bits per heavy atom. The number of rotatable bonds is 3. The number of likely N-dealkylation sites (N-methyl/N-ethyl adjacent to an activating group) is 1. The summed E-state index contributed by atoms with van der Waals surface area (Å²) in [6.45, 7) is -0.241. The number of amides is 1. The predicted molar refractivity (Wildman–Crippen MR) is 50.7 cm³/mol. The number of halogens is 1. The fraction of sp³-hybridized carbons (Fsp3) is 0.200. The summed E-state index contributed by atoms with van der Waals surface area (Å²) >= 11 is 0. The van der Waals surface area contributed by atoms with Crippen molar-refractivity contribution in [3.63, 3.8) is 0 Å². The number of hydrogen-bond acceptors (Lipinski definition) is 3. The van der Waals surface area contributed by atoms with Crippen LogP contribution in [-0.4, -0.2) is 19.6 Å². The fourth-order valence-electron chi connectivity index (χ4n) is 0.949. The van der Waals surface area contributed by atoms with Gasteiger partial charge in [0.2, 0.25) is 0 Å². The van der Waals surface area contributed by atoms with Gasteiger partial charge in [0, 0.05) is 7.05 Å². The maximum Gasteiger partial charge on any atom is 0.257 e. The Balaban J connectivity index is 2.82. The average molecular weight is 208 g/mol. The van der Waals surface area contributed by atoms with Crippen molar-refractivity contribution < 1.29 is 13.9 Å². The van der Waals surface area contributed by atoms with E-state index >= 15 is 0 Å². The number of carbonyl (C=O) groups excluding carboxylic acids is 1. The molecule has 78 valence electrons. The van der Waals surface area contributed by atoms with Gasteiger partial charge in [-0.05, 0) is 12.1 Å². The van der Waals surface area contributed by atoms with Crippen molar-refractivity contribution in [3.8, 4) is 11.8 Å². The average Bonchev–Trinajstić information content (AvgIpc) is 2.25. The SMILES string of the molecule is CNC(=O)COc1cccc(F)c1C#N. The van der Waals surface area contributed by atoms with E-state index in [2.05, 4.69) is 5.32 Å². The second kappa shape index (κ2) is 4.96. The molecule has 15 heavy (non-hydrogen) atoms. The lowest BCUT2D eigenvalue weighted by molar-refractivity contribution is -0.122. The molecule has 0 aliphatic rings. The summed E-state index contributed by atoms with van der Waals surface area (Å²) < 4.78 is 18.0. The standard InChI is InChI=1S/C10H9FN2O2/c1-13-10(14)6-15-9-4-2-3-8(11)7(9)5-12/h2-4H,6H2,1H3,(H,13,14). The zero-order valence-corrected chi connectivity index (χ0v) is 8.08. The Morgan fingerprint density at radius 3 is 3.00 bits per heavy atom. The minimum atomic E-state index is -0.660. The zero-order valence-electron chi connectivity index (χ0n) is 8.08. The highest BCUT2D eigenvalue weighted by Gasteiger charge is 2.09. The van der Waals surface area contributed by atoms with Gasteiger partial charge in [-0.25, -0.2) is 4.39 Å². The maximum absolute atomic E-state index is 13.1. The van der Waals surface area contributed by atoms with E-state index in [4.69, 9.17) is 10.00 Å². The number of ether oxygens (including phenoxy) is 1. The Morgan fingerprint density at radius 1 is 1.67 bits per heavy atom. The molecule has 1 N–H and O–H groups in total. The maximum atomic E-state index is 13.1. The molecule has 0 bridgehead atoms. The molecule has 4 nitrogen and oxygen atoms in total. The number of carbonyl (C=O) groups is 1. The van der Waals surface area contributed by atoms with E-state index in [1.54, 1.807) is 6.07 Å². The lowest BCUT2D eigenvalue weighted by atomic mass is 10.2. The lowest BCUT2D eigenvalue weighted by Gasteiger charge is -2.06. The van der Waals surface area contributed by atoms with Crippen molar-refractivity contribution in [2.45, 2.75) is 0 Å². The number of hydrogen-bond donors (Lipinski definition) is 1. The van der Waals surface area contributed by atoms with Crippen LogP contribution in [0.3, 0.4) is 0 Å². The van der Waals surface area contributed by atoms with Crippen LogP contribution in [0.15, 0.2) is 18.2 Å². The second-order valence-electron chi connectivity index (χ2n) is 2.69. The summed E-state index contributed by atoms with van der Waals surface area (Å²) in [6, 6.07) is 5.68. The molecule has 0 saturated heterocycles. The third-order valence-electron chi connectivity index (χ3n) is 1.72. The van der Waals surface area contributed by atoms with Crippen LogP contribution in [0.1, 0.15) is 5.56 Å². The largest absolute Gasteiger partial charge is 0.482 e. The predicted octanol–water partition coefficient (Wildman–Crippen LogP) is 0.822. The summed E-state index contributed by atoms with van der Waals surface area (Å²) in [6.07, 6.45) is 0. The van der Waals surface area contributed by atoms with Crippen LogP contribution in [0, 0.1) is 17.1 Å².